The zero-order chi connectivity index (χ0) is 15.7. The number of halogens is 2. The van der Waals surface area contributed by atoms with Crippen molar-refractivity contribution in [2.24, 2.45) is 0 Å². The number of rotatable bonds is 3. The normalized spacial score (nSPS) is 11.5. The first-order valence-electron chi connectivity index (χ1n) is 6.29. The zero-order valence-electron chi connectivity index (χ0n) is 11.1. The molecule has 0 saturated heterocycles. The lowest BCUT2D eigenvalue weighted by Gasteiger charge is -2.12. The predicted molar refractivity (Wildman–Crippen MR) is 89.0 cm³/mol. The maximum absolute atomic E-state index is 12.6. The molecule has 0 amide bonds. The molecular weight excluding hydrogens is 343 g/mol. The molecule has 0 radical (unpaired) electrons. The molecule has 0 aliphatic rings. The second kappa shape index (κ2) is 5.76. The van der Waals surface area contributed by atoms with Crippen LogP contribution in [0.3, 0.4) is 0 Å². The first-order chi connectivity index (χ1) is 10.5. The molecule has 1 N–H and O–H groups in total. The number of hydrogen-bond acceptors (Lipinski definition) is 3. The number of nitrogens with one attached hydrogen (secondary N) is 1. The zero-order valence-corrected chi connectivity index (χ0v) is 13.5. The van der Waals surface area contributed by atoms with Crippen LogP contribution in [0.5, 0.6) is 0 Å². The number of aromatic nitrogens is 1. The summed E-state index contributed by atoms with van der Waals surface area (Å²) in [5, 5.41) is 0.953. The molecule has 7 heteroatoms. The van der Waals surface area contributed by atoms with Gasteiger partial charge in [0.05, 0.1) is 21.2 Å². The van der Waals surface area contributed by atoms with Crippen molar-refractivity contribution >= 4 is 49.8 Å². The summed E-state index contributed by atoms with van der Waals surface area (Å²) in [6, 6.07) is 13.4. The summed E-state index contributed by atoms with van der Waals surface area (Å²) >= 11 is 12.0. The molecule has 1 heterocycles. The van der Waals surface area contributed by atoms with Gasteiger partial charge in [-0.3, -0.25) is 9.71 Å². The quantitative estimate of drug-likeness (QED) is 0.762. The summed E-state index contributed by atoms with van der Waals surface area (Å²) in [6.07, 6.45) is 1.60. The third-order valence-corrected chi connectivity index (χ3v) is 5.38. The highest BCUT2D eigenvalue weighted by atomic mass is 35.5. The van der Waals surface area contributed by atoms with E-state index in [1.807, 2.05) is 12.1 Å². The number of benzene rings is 2. The van der Waals surface area contributed by atoms with Gasteiger partial charge in [0.2, 0.25) is 0 Å². The van der Waals surface area contributed by atoms with E-state index in [-0.39, 0.29) is 14.9 Å². The largest absolute Gasteiger partial charge is 0.277 e. The molecule has 0 bridgehead atoms. The van der Waals surface area contributed by atoms with E-state index in [2.05, 4.69) is 9.71 Å². The van der Waals surface area contributed by atoms with Gasteiger partial charge in [0.15, 0.2) is 0 Å². The highest BCUT2D eigenvalue weighted by Gasteiger charge is 2.22. The minimum absolute atomic E-state index is 0.0631. The lowest BCUT2D eigenvalue weighted by molar-refractivity contribution is 0.601. The molecule has 0 atom stereocenters. The van der Waals surface area contributed by atoms with E-state index in [0.717, 1.165) is 5.39 Å². The molecule has 0 fully saturated rings. The van der Waals surface area contributed by atoms with E-state index >= 15 is 0 Å². The standard InChI is InChI=1S/C15H10Cl2N2O2S/c16-11-6-2-7-12(17)15(11)22(20,21)19-13-8-1-4-10-5-3-9-18-14(10)13/h1-9,19H. The first kappa shape index (κ1) is 15.1. The van der Waals surface area contributed by atoms with E-state index in [1.165, 1.54) is 12.1 Å². The van der Waals surface area contributed by atoms with Crippen LogP contribution in [0.4, 0.5) is 5.69 Å². The number of nitrogens with zero attached hydrogens (tertiary/aromatic N) is 1. The molecule has 0 spiro atoms. The topological polar surface area (TPSA) is 59.1 Å². The van der Waals surface area contributed by atoms with Crippen LogP contribution in [0.1, 0.15) is 0 Å². The van der Waals surface area contributed by atoms with Crippen LogP contribution in [0.2, 0.25) is 10.0 Å². The Balaban J connectivity index is 2.12. The van der Waals surface area contributed by atoms with Crippen molar-refractivity contribution in [2.45, 2.75) is 4.90 Å². The van der Waals surface area contributed by atoms with Crippen molar-refractivity contribution in [2.75, 3.05) is 4.72 Å². The van der Waals surface area contributed by atoms with E-state index < -0.39 is 10.0 Å². The van der Waals surface area contributed by atoms with E-state index in [1.54, 1.807) is 30.5 Å². The SMILES string of the molecule is O=S(=O)(Nc1cccc2cccnc12)c1c(Cl)cccc1Cl. The van der Waals surface area contributed by atoms with Gasteiger partial charge in [0.1, 0.15) is 4.90 Å². The number of para-hydroxylation sites is 1. The van der Waals surface area contributed by atoms with Gasteiger partial charge in [0.25, 0.3) is 10.0 Å². The number of pyridine rings is 1. The Labute approximate surface area is 137 Å². The van der Waals surface area contributed by atoms with Gasteiger partial charge in [-0.2, -0.15) is 0 Å². The van der Waals surface area contributed by atoms with E-state index in [4.69, 9.17) is 23.2 Å². The first-order valence-corrected chi connectivity index (χ1v) is 8.53. The average molecular weight is 353 g/mol. The molecule has 0 saturated carbocycles. The van der Waals surface area contributed by atoms with Gasteiger partial charge in [-0.05, 0) is 24.3 Å². The van der Waals surface area contributed by atoms with Gasteiger partial charge >= 0.3 is 0 Å². The van der Waals surface area contributed by atoms with Crippen LogP contribution in [0.25, 0.3) is 10.9 Å². The summed E-state index contributed by atoms with van der Waals surface area (Å²) < 4.78 is 27.7. The van der Waals surface area contributed by atoms with Crippen molar-refractivity contribution in [3.8, 4) is 0 Å². The summed E-state index contributed by atoms with van der Waals surface area (Å²) in [5.74, 6) is 0. The van der Waals surface area contributed by atoms with Crippen LogP contribution < -0.4 is 4.72 Å². The molecule has 0 aliphatic heterocycles. The third kappa shape index (κ3) is 2.75. The fourth-order valence-corrected chi connectivity index (χ4v) is 4.33. The van der Waals surface area contributed by atoms with Gasteiger partial charge in [-0.25, -0.2) is 8.42 Å². The summed E-state index contributed by atoms with van der Waals surface area (Å²) in [5.41, 5.74) is 0.922. The number of anilines is 1. The number of sulfonamides is 1. The van der Waals surface area contributed by atoms with Gasteiger partial charge < -0.3 is 0 Å². The van der Waals surface area contributed by atoms with E-state index in [0.29, 0.717) is 11.2 Å². The minimum Gasteiger partial charge on any atom is -0.277 e. The Morgan fingerprint density at radius 3 is 2.27 bits per heavy atom. The van der Waals surface area contributed by atoms with Crippen molar-refractivity contribution in [3.05, 3.63) is 64.8 Å². The van der Waals surface area contributed by atoms with Crippen LogP contribution >= 0.6 is 23.2 Å². The second-order valence-electron chi connectivity index (χ2n) is 4.54. The second-order valence-corrected chi connectivity index (χ2v) is 6.97. The third-order valence-electron chi connectivity index (χ3n) is 3.06. The fourth-order valence-electron chi connectivity index (χ4n) is 2.12. The van der Waals surface area contributed by atoms with Crippen LogP contribution in [-0.4, -0.2) is 13.4 Å². The number of hydrogen-bond donors (Lipinski definition) is 1. The van der Waals surface area contributed by atoms with Crippen molar-refractivity contribution in [1.29, 1.82) is 0 Å². The minimum atomic E-state index is -3.92. The number of fused-ring (bicyclic) bond motifs is 1. The Morgan fingerprint density at radius 1 is 0.909 bits per heavy atom. The van der Waals surface area contributed by atoms with Gasteiger partial charge in [-0.15, -0.1) is 0 Å². The average Bonchev–Trinajstić information content (AvgIpc) is 2.47. The molecular formula is C15H10Cl2N2O2S. The van der Waals surface area contributed by atoms with Crippen LogP contribution in [-0.2, 0) is 10.0 Å². The van der Waals surface area contributed by atoms with Crippen LogP contribution in [0, 0.1) is 0 Å². The highest BCUT2D eigenvalue weighted by molar-refractivity contribution is 7.93. The maximum Gasteiger partial charge on any atom is 0.264 e. The molecule has 0 aliphatic carbocycles. The Bertz CT molecular complexity index is 933. The molecule has 112 valence electrons. The van der Waals surface area contributed by atoms with Crippen molar-refractivity contribution in [1.82, 2.24) is 4.98 Å². The molecule has 3 aromatic rings. The Kier molecular flexibility index (Phi) is 3.95. The fraction of sp³-hybridized carbons (Fsp3) is 0. The molecule has 0 unspecified atom stereocenters. The molecule has 22 heavy (non-hydrogen) atoms. The molecule has 4 nitrogen and oxygen atoms in total. The van der Waals surface area contributed by atoms with Crippen molar-refractivity contribution in [3.63, 3.8) is 0 Å². The Hall–Kier alpha value is -1.82. The van der Waals surface area contributed by atoms with Crippen LogP contribution in [0.15, 0.2) is 59.6 Å². The molecule has 2 aromatic carbocycles. The Morgan fingerprint density at radius 2 is 1.55 bits per heavy atom. The lowest BCUT2D eigenvalue weighted by Crippen LogP contribution is -2.14. The smallest absolute Gasteiger partial charge is 0.264 e. The lowest BCUT2D eigenvalue weighted by atomic mass is 10.2. The molecule has 1 aromatic heterocycles. The molecule has 3 rings (SSSR count). The van der Waals surface area contributed by atoms with Crippen molar-refractivity contribution < 1.29 is 8.42 Å². The maximum atomic E-state index is 12.6. The summed E-state index contributed by atoms with van der Waals surface area (Å²) in [4.78, 5) is 4.06. The van der Waals surface area contributed by atoms with E-state index in [9.17, 15) is 8.42 Å². The van der Waals surface area contributed by atoms with Gasteiger partial charge in [0, 0.05) is 11.6 Å². The summed E-state index contributed by atoms with van der Waals surface area (Å²) in [7, 11) is -3.92. The predicted octanol–water partition coefficient (Wildman–Crippen LogP) is 4.34. The van der Waals surface area contributed by atoms with Gasteiger partial charge in [-0.1, -0.05) is 47.5 Å². The highest BCUT2D eigenvalue weighted by Crippen LogP contribution is 2.31. The monoisotopic (exact) mass is 352 g/mol. The summed E-state index contributed by atoms with van der Waals surface area (Å²) in [6.45, 7) is 0.